The summed E-state index contributed by atoms with van der Waals surface area (Å²) in [4.78, 5) is 0. The smallest absolute Gasteiger partial charge is 0.215 e. The first-order valence-electron chi connectivity index (χ1n) is 5.81. The van der Waals surface area contributed by atoms with E-state index in [-0.39, 0.29) is 5.75 Å². The molecule has 0 saturated carbocycles. The molecule has 0 unspecified atom stereocenters. The van der Waals surface area contributed by atoms with Gasteiger partial charge < -0.3 is 5.32 Å². The molecule has 1 heterocycles. The largest absolute Gasteiger partial charge is 0.313 e. The monoisotopic (exact) mass is 266 g/mol. The lowest BCUT2D eigenvalue weighted by molar-refractivity contribution is 0.433. The first-order chi connectivity index (χ1) is 7.52. The molecule has 0 atom stereocenters. The zero-order chi connectivity index (χ0) is 12.0. The van der Waals surface area contributed by atoms with Crippen LogP contribution in [0, 0.1) is 0 Å². The lowest BCUT2D eigenvalue weighted by atomic mass is 10.4. The zero-order valence-electron chi connectivity index (χ0n) is 10.1. The van der Waals surface area contributed by atoms with Gasteiger partial charge in [-0.15, -0.1) is 0 Å². The summed E-state index contributed by atoms with van der Waals surface area (Å²) in [7, 11) is -3.04. The maximum Gasteiger partial charge on any atom is 0.215 e. The van der Waals surface area contributed by atoms with Crippen molar-refractivity contribution in [2.45, 2.75) is 26.3 Å². The molecule has 0 amide bonds. The van der Waals surface area contributed by atoms with Gasteiger partial charge in [0.05, 0.1) is 5.75 Å². The highest BCUT2D eigenvalue weighted by molar-refractivity contribution is 7.99. The van der Waals surface area contributed by atoms with Crippen molar-refractivity contribution in [1.29, 1.82) is 0 Å². The molecule has 1 fully saturated rings. The minimum atomic E-state index is -3.04. The van der Waals surface area contributed by atoms with Crippen molar-refractivity contribution >= 4 is 21.8 Å². The van der Waals surface area contributed by atoms with Crippen molar-refractivity contribution in [3.63, 3.8) is 0 Å². The van der Waals surface area contributed by atoms with E-state index in [2.05, 4.69) is 5.32 Å². The van der Waals surface area contributed by atoms with E-state index in [0.29, 0.717) is 25.7 Å². The first-order valence-corrected chi connectivity index (χ1v) is 8.58. The van der Waals surface area contributed by atoms with Crippen LogP contribution in [0.5, 0.6) is 0 Å². The first kappa shape index (κ1) is 14.3. The summed E-state index contributed by atoms with van der Waals surface area (Å²) in [5.74, 6) is 2.23. The van der Waals surface area contributed by atoms with Crippen molar-refractivity contribution in [1.82, 2.24) is 9.62 Å². The molecule has 4 nitrogen and oxygen atoms in total. The summed E-state index contributed by atoms with van der Waals surface area (Å²) >= 11 is 1.84. The number of hydrogen-bond donors (Lipinski definition) is 1. The second-order valence-electron chi connectivity index (χ2n) is 4.29. The summed E-state index contributed by atoms with van der Waals surface area (Å²) in [5.41, 5.74) is 0. The molecule has 0 bridgehead atoms. The second kappa shape index (κ2) is 6.83. The van der Waals surface area contributed by atoms with E-state index in [1.807, 2.05) is 25.6 Å². The van der Waals surface area contributed by atoms with E-state index in [4.69, 9.17) is 0 Å². The number of nitrogens with zero attached hydrogens (tertiary/aromatic N) is 1. The number of sulfonamides is 1. The van der Waals surface area contributed by atoms with Crippen LogP contribution in [0.15, 0.2) is 0 Å². The average molecular weight is 266 g/mol. The number of thioether (sulfide) groups is 1. The van der Waals surface area contributed by atoms with Crippen LogP contribution in [-0.2, 0) is 10.0 Å². The number of nitrogens with one attached hydrogen (secondary N) is 1. The minimum absolute atomic E-state index is 0.218. The summed E-state index contributed by atoms with van der Waals surface area (Å²) in [6.45, 7) is 5.96. The third-order valence-corrected chi connectivity index (χ3v) is 5.41. The quantitative estimate of drug-likeness (QED) is 0.798. The third kappa shape index (κ3) is 5.03. The van der Waals surface area contributed by atoms with Gasteiger partial charge in [-0.1, -0.05) is 13.8 Å². The van der Waals surface area contributed by atoms with Crippen LogP contribution in [0.1, 0.15) is 20.3 Å². The van der Waals surface area contributed by atoms with E-state index in [1.54, 1.807) is 4.31 Å². The molecule has 1 N–H and O–H groups in total. The van der Waals surface area contributed by atoms with E-state index in [9.17, 15) is 8.42 Å². The van der Waals surface area contributed by atoms with Crippen molar-refractivity contribution < 1.29 is 8.42 Å². The van der Waals surface area contributed by atoms with Crippen molar-refractivity contribution in [2.24, 2.45) is 0 Å². The van der Waals surface area contributed by atoms with Gasteiger partial charge in [0.1, 0.15) is 0 Å². The van der Waals surface area contributed by atoms with Gasteiger partial charge in [0.15, 0.2) is 0 Å². The lowest BCUT2D eigenvalue weighted by Gasteiger charge is -2.20. The Hall–Kier alpha value is 0.220. The van der Waals surface area contributed by atoms with Gasteiger partial charge in [0, 0.05) is 31.4 Å². The molecule has 96 valence electrons. The molecule has 0 aromatic carbocycles. The molecule has 1 saturated heterocycles. The Labute approximate surface area is 103 Å². The summed E-state index contributed by atoms with van der Waals surface area (Å²) < 4.78 is 25.6. The van der Waals surface area contributed by atoms with Gasteiger partial charge in [0.2, 0.25) is 10.0 Å². The topological polar surface area (TPSA) is 49.4 Å². The van der Waals surface area contributed by atoms with Gasteiger partial charge in [-0.3, -0.25) is 0 Å². The molecule has 1 rings (SSSR count). The molecule has 0 aliphatic carbocycles. The summed E-state index contributed by atoms with van der Waals surface area (Å²) in [5, 5.41) is 3.15. The number of hydrogen-bond acceptors (Lipinski definition) is 4. The molecule has 0 spiro atoms. The highest BCUT2D eigenvalue weighted by Crippen LogP contribution is 2.13. The fraction of sp³-hybridized carbons (Fsp3) is 1.00. The Morgan fingerprint density at radius 1 is 1.31 bits per heavy atom. The Morgan fingerprint density at radius 3 is 2.75 bits per heavy atom. The standard InChI is InChI=1S/C10H22N2O2S2/c1-10(2)11-4-9-16(13,14)12-5-3-7-15-8-6-12/h10-11H,3-9H2,1-2H3. The summed E-state index contributed by atoms with van der Waals surface area (Å²) in [6, 6.07) is 0.342. The Morgan fingerprint density at radius 2 is 2.06 bits per heavy atom. The normalized spacial score (nSPS) is 19.9. The van der Waals surface area contributed by atoms with E-state index < -0.39 is 10.0 Å². The summed E-state index contributed by atoms with van der Waals surface area (Å²) in [6.07, 6.45) is 0.974. The lowest BCUT2D eigenvalue weighted by Crippen LogP contribution is -2.38. The maximum absolute atomic E-state index is 12.0. The van der Waals surface area contributed by atoms with Crippen molar-refractivity contribution in [2.75, 3.05) is 36.9 Å². The highest BCUT2D eigenvalue weighted by atomic mass is 32.2. The molecular weight excluding hydrogens is 244 g/mol. The van der Waals surface area contributed by atoms with Crippen molar-refractivity contribution in [3.8, 4) is 0 Å². The van der Waals surface area contributed by atoms with Gasteiger partial charge >= 0.3 is 0 Å². The Bertz CT molecular complexity index is 283. The van der Waals surface area contributed by atoms with E-state index in [1.165, 1.54) is 0 Å². The zero-order valence-corrected chi connectivity index (χ0v) is 11.7. The van der Waals surface area contributed by atoms with E-state index >= 15 is 0 Å². The predicted molar refractivity (Wildman–Crippen MR) is 70.4 cm³/mol. The fourth-order valence-corrected chi connectivity index (χ4v) is 4.02. The van der Waals surface area contributed by atoms with Crippen LogP contribution in [0.3, 0.4) is 0 Å². The van der Waals surface area contributed by atoms with Crippen LogP contribution in [-0.4, -0.2) is 55.7 Å². The predicted octanol–water partition coefficient (Wildman–Crippen LogP) is 0.753. The molecule has 1 aliphatic rings. The van der Waals surface area contributed by atoms with Crippen LogP contribution >= 0.6 is 11.8 Å². The van der Waals surface area contributed by atoms with E-state index in [0.717, 1.165) is 17.9 Å². The minimum Gasteiger partial charge on any atom is -0.313 e. The second-order valence-corrected chi connectivity index (χ2v) is 7.60. The molecule has 16 heavy (non-hydrogen) atoms. The molecule has 0 aromatic heterocycles. The number of rotatable bonds is 5. The van der Waals surface area contributed by atoms with Crippen LogP contribution in [0.4, 0.5) is 0 Å². The Kier molecular flexibility index (Phi) is 6.10. The van der Waals surface area contributed by atoms with Gasteiger partial charge in [-0.25, -0.2) is 12.7 Å². The molecule has 0 radical (unpaired) electrons. The van der Waals surface area contributed by atoms with Crippen LogP contribution < -0.4 is 5.32 Å². The SMILES string of the molecule is CC(C)NCCS(=O)(=O)N1CCCSCC1. The molecule has 1 aliphatic heterocycles. The maximum atomic E-state index is 12.0. The fourth-order valence-electron chi connectivity index (χ4n) is 1.61. The average Bonchev–Trinajstić information content (AvgIpc) is 2.44. The molecule has 0 aromatic rings. The highest BCUT2D eigenvalue weighted by Gasteiger charge is 2.22. The molecular formula is C10H22N2O2S2. The van der Waals surface area contributed by atoms with Gasteiger partial charge in [-0.05, 0) is 12.2 Å². The van der Waals surface area contributed by atoms with Gasteiger partial charge in [0.25, 0.3) is 0 Å². The third-order valence-electron chi connectivity index (χ3n) is 2.49. The van der Waals surface area contributed by atoms with Crippen LogP contribution in [0.25, 0.3) is 0 Å². The van der Waals surface area contributed by atoms with Gasteiger partial charge in [-0.2, -0.15) is 11.8 Å². The van der Waals surface area contributed by atoms with Crippen LogP contribution in [0.2, 0.25) is 0 Å². The van der Waals surface area contributed by atoms with Crippen molar-refractivity contribution in [3.05, 3.63) is 0 Å². The molecule has 6 heteroatoms. The Balaban J connectivity index is 2.42.